The van der Waals surface area contributed by atoms with Crippen molar-refractivity contribution in [1.82, 2.24) is 14.9 Å². The highest BCUT2D eigenvalue weighted by Gasteiger charge is 2.13. The van der Waals surface area contributed by atoms with E-state index in [1.807, 2.05) is 55.5 Å². The van der Waals surface area contributed by atoms with Gasteiger partial charge in [-0.05, 0) is 62.6 Å². The van der Waals surface area contributed by atoms with Crippen molar-refractivity contribution < 1.29 is 9.53 Å². The average Bonchev–Trinajstić information content (AvgIpc) is 3.14. The Balaban J connectivity index is 1.45. The third kappa shape index (κ3) is 4.83. The molecule has 0 aliphatic carbocycles. The molecule has 0 aliphatic rings. The molecule has 164 valence electrons. The number of aryl methyl sites for hydroxylation is 4. The van der Waals surface area contributed by atoms with Gasteiger partial charge < -0.3 is 14.6 Å². The lowest BCUT2D eigenvalue weighted by Gasteiger charge is -2.13. The van der Waals surface area contributed by atoms with E-state index in [1.165, 1.54) is 0 Å². The first kappa shape index (κ1) is 21.6. The second-order valence-electron chi connectivity index (χ2n) is 8.14. The molecule has 0 bridgehead atoms. The van der Waals surface area contributed by atoms with Crippen LogP contribution in [0.4, 0.5) is 0 Å². The topological polar surface area (TPSA) is 56.2 Å². The van der Waals surface area contributed by atoms with Crippen molar-refractivity contribution in [3.8, 4) is 5.75 Å². The fourth-order valence-corrected chi connectivity index (χ4v) is 3.98. The molecule has 32 heavy (non-hydrogen) atoms. The molecule has 1 aromatic heterocycles. The van der Waals surface area contributed by atoms with Crippen LogP contribution in [0.5, 0.6) is 5.75 Å². The maximum atomic E-state index is 12.6. The van der Waals surface area contributed by atoms with Gasteiger partial charge in [-0.15, -0.1) is 0 Å². The number of hydrogen-bond acceptors (Lipinski definition) is 3. The standard InChI is InChI=1S/C27H29N3O2/c1-19-9-6-12-22(17-19)27(31)28-18-25-29-23-13-4-5-14-24(23)30(25)15-8-16-32-26-20(2)10-7-11-21(26)3/h4-7,9-14,17H,8,15-16,18H2,1-3H3,(H,28,31). The number of aromatic nitrogens is 2. The summed E-state index contributed by atoms with van der Waals surface area (Å²) in [6, 6.07) is 21.9. The van der Waals surface area contributed by atoms with Gasteiger partial charge in [0, 0.05) is 12.1 Å². The van der Waals surface area contributed by atoms with E-state index in [2.05, 4.69) is 41.9 Å². The molecule has 5 nitrogen and oxygen atoms in total. The highest BCUT2D eigenvalue weighted by molar-refractivity contribution is 5.94. The van der Waals surface area contributed by atoms with Crippen LogP contribution in [-0.4, -0.2) is 22.1 Å². The Labute approximate surface area is 189 Å². The fraction of sp³-hybridized carbons (Fsp3) is 0.259. The molecule has 0 saturated heterocycles. The number of para-hydroxylation sites is 3. The van der Waals surface area contributed by atoms with Gasteiger partial charge >= 0.3 is 0 Å². The van der Waals surface area contributed by atoms with Crippen LogP contribution in [-0.2, 0) is 13.1 Å². The minimum Gasteiger partial charge on any atom is -0.493 e. The smallest absolute Gasteiger partial charge is 0.251 e. The van der Waals surface area contributed by atoms with E-state index >= 15 is 0 Å². The molecule has 4 aromatic rings. The number of carbonyl (C=O) groups excluding carboxylic acids is 1. The van der Waals surface area contributed by atoms with Crippen molar-refractivity contribution in [2.45, 2.75) is 40.3 Å². The number of benzene rings is 3. The fourth-order valence-electron chi connectivity index (χ4n) is 3.98. The van der Waals surface area contributed by atoms with Gasteiger partial charge in [0.1, 0.15) is 11.6 Å². The number of carbonyl (C=O) groups is 1. The summed E-state index contributed by atoms with van der Waals surface area (Å²) in [7, 11) is 0. The first-order valence-electron chi connectivity index (χ1n) is 11.0. The molecule has 1 N–H and O–H groups in total. The molecule has 1 amide bonds. The summed E-state index contributed by atoms with van der Waals surface area (Å²) in [6.07, 6.45) is 0.840. The van der Waals surface area contributed by atoms with Crippen LogP contribution in [0.15, 0.2) is 66.7 Å². The molecule has 0 spiro atoms. The van der Waals surface area contributed by atoms with E-state index in [-0.39, 0.29) is 5.91 Å². The van der Waals surface area contributed by atoms with Crippen LogP contribution in [0.2, 0.25) is 0 Å². The summed E-state index contributed by atoms with van der Waals surface area (Å²) >= 11 is 0. The van der Waals surface area contributed by atoms with Gasteiger partial charge in [0.25, 0.3) is 5.91 Å². The zero-order chi connectivity index (χ0) is 22.5. The molecule has 3 aromatic carbocycles. The Kier molecular flexibility index (Phi) is 6.55. The third-order valence-corrected chi connectivity index (χ3v) is 5.60. The number of imidazole rings is 1. The van der Waals surface area contributed by atoms with E-state index < -0.39 is 0 Å². The molecule has 0 saturated carbocycles. The summed E-state index contributed by atoms with van der Waals surface area (Å²) in [5.74, 6) is 1.72. The molecule has 0 atom stereocenters. The Hall–Kier alpha value is -3.60. The third-order valence-electron chi connectivity index (χ3n) is 5.60. The SMILES string of the molecule is Cc1cccc(C(=O)NCc2nc3ccccc3n2CCCOc2c(C)cccc2C)c1. The molecule has 1 heterocycles. The molecule has 0 radical (unpaired) electrons. The zero-order valence-electron chi connectivity index (χ0n) is 18.9. The number of nitrogens with zero attached hydrogens (tertiary/aromatic N) is 2. The largest absolute Gasteiger partial charge is 0.493 e. The number of rotatable bonds is 8. The Morgan fingerprint density at radius 2 is 1.72 bits per heavy atom. The second kappa shape index (κ2) is 9.69. The maximum absolute atomic E-state index is 12.6. The van der Waals surface area contributed by atoms with Crippen LogP contribution in [0.3, 0.4) is 0 Å². The van der Waals surface area contributed by atoms with Crippen molar-refractivity contribution in [2.24, 2.45) is 0 Å². The molecule has 4 rings (SSSR count). The summed E-state index contributed by atoms with van der Waals surface area (Å²) < 4.78 is 8.26. The van der Waals surface area contributed by atoms with Crippen LogP contribution < -0.4 is 10.1 Å². The lowest BCUT2D eigenvalue weighted by atomic mass is 10.1. The van der Waals surface area contributed by atoms with E-state index in [1.54, 1.807) is 0 Å². The quantitative estimate of drug-likeness (QED) is 0.385. The van der Waals surface area contributed by atoms with Gasteiger partial charge in [0.2, 0.25) is 0 Å². The maximum Gasteiger partial charge on any atom is 0.251 e. The Morgan fingerprint density at radius 3 is 2.50 bits per heavy atom. The van der Waals surface area contributed by atoms with Gasteiger partial charge in [-0.3, -0.25) is 4.79 Å². The van der Waals surface area contributed by atoms with E-state index in [4.69, 9.17) is 9.72 Å². The minimum atomic E-state index is -0.0920. The van der Waals surface area contributed by atoms with Crippen molar-refractivity contribution in [2.75, 3.05) is 6.61 Å². The molecule has 0 fully saturated rings. The van der Waals surface area contributed by atoms with Gasteiger partial charge in [0.15, 0.2) is 0 Å². The molecule has 0 unspecified atom stereocenters. The summed E-state index contributed by atoms with van der Waals surface area (Å²) in [5.41, 5.74) is 6.03. The number of amides is 1. The zero-order valence-corrected chi connectivity index (χ0v) is 18.9. The predicted octanol–water partition coefficient (Wildman–Crippen LogP) is 5.36. The average molecular weight is 428 g/mol. The van der Waals surface area contributed by atoms with Gasteiger partial charge in [-0.25, -0.2) is 4.98 Å². The van der Waals surface area contributed by atoms with Gasteiger partial charge in [-0.1, -0.05) is 48.0 Å². The van der Waals surface area contributed by atoms with Crippen LogP contribution >= 0.6 is 0 Å². The highest BCUT2D eigenvalue weighted by Crippen LogP contribution is 2.23. The van der Waals surface area contributed by atoms with E-state index in [0.717, 1.165) is 52.3 Å². The molecule has 0 aliphatic heterocycles. The molecule has 5 heteroatoms. The van der Waals surface area contributed by atoms with E-state index in [9.17, 15) is 4.79 Å². The highest BCUT2D eigenvalue weighted by atomic mass is 16.5. The number of hydrogen-bond donors (Lipinski definition) is 1. The van der Waals surface area contributed by atoms with Crippen LogP contribution in [0.25, 0.3) is 11.0 Å². The lowest BCUT2D eigenvalue weighted by molar-refractivity contribution is 0.0949. The molecular weight excluding hydrogens is 398 g/mol. The minimum absolute atomic E-state index is 0.0920. The monoisotopic (exact) mass is 427 g/mol. The Bertz CT molecular complexity index is 1220. The summed E-state index contributed by atoms with van der Waals surface area (Å²) in [6.45, 7) is 7.88. The van der Waals surface area contributed by atoms with Crippen LogP contribution in [0, 0.1) is 20.8 Å². The predicted molar refractivity (Wildman–Crippen MR) is 128 cm³/mol. The number of nitrogens with one attached hydrogen (secondary N) is 1. The molecular formula is C27H29N3O2. The second-order valence-corrected chi connectivity index (χ2v) is 8.14. The lowest BCUT2D eigenvalue weighted by Crippen LogP contribution is -2.25. The van der Waals surface area contributed by atoms with Gasteiger partial charge in [0.05, 0.1) is 24.2 Å². The van der Waals surface area contributed by atoms with Gasteiger partial charge in [-0.2, -0.15) is 0 Å². The first-order valence-corrected chi connectivity index (χ1v) is 11.0. The first-order chi connectivity index (χ1) is 15.5. The van der Waals surface area contributed by atoms with Crippen molar-refractivity contribution in [3.63, 3.8) is 0 Å². The van der Waals surface area contributed by atoms with Crippen molar-refractivity contribution in [1.29, 1.82) is 0 Å². The van der Waals surface area contributed by atoms with E-state index in [0.29, 0.717) is 18.7 Å². The van der Waals surface area contributed by atoms with Crippen LogP contribution in [0.1, 0.15) is 39.3 Å². The summed E-state index contributed by atoms with van der Waals surface area (Å²) in [4.78, 5) is 17.4. The van der Waals surface area contributed by atoms with Crippen molar-refractivity contribution >= 4 is 16.9 Å². The number of ether oxygens (including phenoxy) is 1. The number of fused-ring (bicyclic) bond motifs is 1. The van der Waals surface area contributed by atoms with Crippen molar-refractivity contribution in [3.05, 3.63) is 94.8 Å². The normalized spacial score (nSPS) is 11.0. The Morgan fingerprint density at radius 1 is 0.969 bits per heavy atom. The summed E-state index contributed by atoms with van der Waals surface area (Å²) in [5, 5.41) is 3.02.